The van der Waals surface area contributed by atoms with Crippen molar-refractivity contribution < 1.29 is 9.18 Å². The molecule has 2 N–H and O–H groups in total. The van der Waals surface area contributed by atoms with E-state index in [0.29, 0.717) is 13.1 Å². The van der Waals surface area contributed by atoms with E-state index in [-0.39, 0.29) is 30.0 Å². The average molecular weight is 261 g/mol. The number of carbonyl (C=O) groups is 1. The van der Waals surface area contributed by atoms with E-state index in [2.05, 4.69) is 10.6 Å². The summed E-state index contributed by atoms with van der Waals surface area (Å²) in [5.41, 5.74) is 0.895. The molecule has 0 saturated carbocycles. The maximum atomic E-state index is 12.6. The molecule has 0 saturated heterocycles. The SMILES string of the molecule is CNCC(C)C(=O)NCc1ccc(F)cc1.Cl. The first-order valence-corrected chi connectivity index (χ1v) is 5.30. The molecule has 1 amide bonds. The van der Waals surface area contributed by atoms with Gasteiger partial charge in [0, 0.05) is 19.0 Å². The third kappa shape index (κ3) is 5.65. The highest BCUT2D eigenvalue weighted by molar-refractivity contribution is 5.85. The highest BCUT2D eigenvalue weighted by Crippen LogP contribution is 2.02. The maximum Gasteiger partial charge on any atom is 0.224 e. The van der Waals surface area contributed by atoms with Gasteiger partial charge < -0.3 is 10.6 Å². The minimum atomic E-state index is -0.265. The molecular formula is C12H18ClFN2O. The van der Waals surface area contributed by atoms with Crippen LogP contribution in [0.5, 0.6) is 0 Å². The molecule has 0 radical (unpaired) electrons. The summed E-state index contributed by atoms with van der Waals surface area (Å²) in [6.45, 7) is 2.94. The average Bonchev–Trinajstić information content (AvgIpc) is 2.28. The lowest BCUT2D eigenvalue weighted by Crippen LogP contribution is -2.33. The first-order valence-electron chi connectivity index (χ1n) is 5.30. The fourth-order valence-electron chi connectivity index (χ4n) is 1.36. The van der Waals surface area contributed by atoms with Crippen molar-refractivity contribution in [2.75, 3.05) is 13.6 Å². The molecule has 0 bridgehead atoms. The molecule has 5 heteroatoms. The lowest BCUT2D eigenvalue weighted by atomic mass is 10.1. The molecule has 0 aliphatic rings. The second-order valence-electron chi connectivity index (χ2n) is 3.80. The highest BCUT2D eigenvalue weighted by Gasteiger charge is 2.10. The van der Waals surface area contributed by atoms with Crippen molar-refractivity contribution in [3.63, 3.8) is 0 Å². The topological polar surface area (TPSA) is 41.1 Å². The normalized spacial score (nSPS) is 11.5. The van der Waals surface area contributed by atoms with Crippen molar-refractivity contribution in [2.24, 2.45) is 5.92 Å². The Labute approximate surface area is 107 Å². The molecule has 0 spiro atoms. The van der Waals surface area contributed by atoms with E-state index in [0.717, 1.165) is 5.56 Å². The molecule has 1 aromatic rings. The quantitative estimate of drug-likeness (QED) is 0.847. The molecule has 0 aliphatic carbocycles. The van der Waals surface area contributed by atoms with Crippen molar-refractivity contribution in [3.05, 3.63) is 35.6 Å². The van der Waals surface area contributed by atoms with Crippen LogP contribution in [0.15, 0.2) is 24.3 Å². The third-order valence-corrected chi connectivity index (χ3v) is 2.34. The number of halogens is 2. The first kappa shape index (κ1) is 15.9. The fourth-order valence-corrected chi connectivity index (χ4v) is 1.36. The van der Waals surface area contributed by atoms with Crippen molar-refractivity contribution in [3.8, 4) is 0 Å². The number of nitrogens with one attached hydrogen (secondary N) is 2. The molecule has 3 nitrogen and oxygen atoms in total. The van der Waals surface area contributed by atoms with Crippen LogP contribution in [0.1, 0.15) is 12.5 Å². The molecule has 0 heterocycles. The van der Waals surface area contributed by atoms with Crippen molar-refractivity contribution in [1.82, 2.24) is 10.6 Å². The summed E-state index contributed by atoms with van der Waals surface area (Å²) < 4.78 is 12.6. The number of hydrogen-bond donors (Lipinski definition) is 2. The smallest absolute Gasteiger partial charge is 0.224 e. The summed E-state index contributed by atoms with van der Waals surface area (Å²) in [4.78, 5) is 11.5. The van der Waals surface area contributed by atoms with Gasteiger partial charge >= 0.3 is 0 Å². The zero-order valence-electron chi connectivity index (χ0n) is 10.00. The molecule has 96 valence electrons. The summed E-state index contributed by atoms with van der Waals surface area (Å²) in [6.07, 6.45) is 0. The van der Waals surface area contributed by atoms with Crippen LogP contribution in [0.3, 0.4) is 0 Å². The zero-order valence-corrected chi connectivity index (χ0v) is 10.8. The lowest BCUT2D eigenvalue weighted by molar-refractivity contribution is -0.124. The summed E-state index contributed by atoms with van der Waals surface area (Å²) >= 11 is 0. The zero-order chi connectivity index (χ0) is 12.0. The van der Waals surface area contributed by atoms with Crippen LogP contribution >= 0.6 is 12.4 Å². The van der Waals surface area contributed by atoms with Crippen LogP contribution in [-0.2, 0) is 11.3 Å². The van der Waals surface area contributed by atoms with Gasteiger partial charge in [-0.05, 0) is 24.7 Å². The van der Waals surface area contributed by atoms with E-state index in [1.165, 1.54) is 12.1 Å². The van der Waals surface area contributed by atoms with Crippen molar-refractivity contribution in [1.29, 1.82) is 0 Å². The van der Waals surface area contributed by atoms with Crippen LogP contribution in [0, 0.1) is 11.7 Å². The van der Waals surface area contributed by atoms with Gasteiger partial charge in [0.05, 0.1) is 0 Å². The predicted octanol–water partition coefficient (Wildman–Crippen LogP) is 1.72. The molecule has 1 aromatic carbocycles. The Hall–Kier alpha value is -1.13. The Balaban J connectivity index is 0.00000256. The van der Waals surface area contributed by atoms with E-state index in [9.17, 15) is 9.18 Å². The number of hydrogen-bond acceptors (Lipinski definition) is 2. The Bertz CT molecular complexity index is 343. The monoisotopic (exact) mass is 260 g/mol. The molecule has 17 heavy (non-hydrogen) atoms. The number of rotatable bonds is 5. The van der Waals surface area contributed by atoms with Gasteiger partial charge in [-0.2, -0.15) is 0 Å². The Morgan fingerprint density at radius 2 is 1.94 bits per heavy atom. The maximum absolute atomic E-state index is 12.6. The second-order valence-corrected chi connectivity index (χ2v) is 3.80. The Morgan fingerprint density at radius 1 is 1.35 bits per heavy atom. The van der Waals surface area contributed by atoms with Gasteiger partial charge in [-0.1, -0.05) is 19.1 Å². The van der Waals surface area contributed by atoms with Gasteiger partial charge in [0.2, 0.25) is 5.91 Å². The first-order chi connectivity index (χ1) is 7.63. The molecule has 1 atom stereocenters. The van der Waals surface area contributed by atoms with Gasteiger partial charge in [0.1, 0.15) is 5.82 Å². The van der Waals surface area contributed by atoms with E-state index in [1.807, 2.05) is 14.0 Å². The van der Waals surface area contributed by atoms with Crippen LogP contribution < -0.4 is 10.6 Å². The Morgan fingerprint density at radius 3 is 2.47 bits per heavy atom. The van der Waals surface area contributed by atoms with Gasteiger partial charge in [-0.3, -0.25) is 4.79 Å². The molecule has 0 fully saturated rings. The summed E-state index contributed by atoms with van der Waals surface area (Å²) in [5.74, 6) is -0.331. The van der Waals surface area contributed by atoms with Gasteiger partial charge in [0.15, 0.2) is 0 Å². The van der Waals surface area contributed by atoms with Crippen LogP contribution in [0.4, 0.5) is 4.39 Å². The minimum Gasteiger partial charge on any atom is -0.352 e. The second kappa shape index (κ2) is 8.03. The van der Waals surface area contributed by atoms with Gasteiger partial charge in [0.25, 0.3) is 0 Å². The van der Waals surface area contributed by atoms with Crippen LogP contribution in [0.25, 0.3) is 0 Å². The van der Waals surface area contributed by atoms with E-state index in [1.54, 1.807) is 12.1 Å². The summed E-state index contributed by atoms with van der Waals surface area (Å²) in [6, 6.07) is 6.10. The van der Waals surface area contributed by atoms with Crippen LogP contribution in [0.2, 0.25) is 0 Å². The van der Waals surface area contributed by atoms with E-state index < -0.39 is 0 Å². The van der Waals surface area contributed by atoms with Crippen molar-refractivity contribution >= 4 is 18.3 Å². The summed E-state index contributed by atoms with van der Waals surface area (Å²) in [7, 11) is 1.81. The summed E-state index contributed by atoms with van der Waals surface area (Å²) in [5, 5.41) is 5.75. The van der Waals surface area contributed by atoms with E-state index in [4.69, 9.17) is 0 Å². The van der Waals surface area contributed by atoms with Gasteiger partial charge in [-0.25, -0.2) is 4.39 Å². The van der Waals surface area contributed by atoms with Crippen molar-refractivity contribution in [2.45, 2.75) is 13.5 Å². The highest BCUT2D eigenvalue weighted by atomic mass is 35.5. The number of carbonyl (C=O) groups excluding carboxylic acids is 1. The standard InChI is InChI=1S/C12H17FN2O.ClH/c1-9(7-14-2)12(16)15-8-10-3-5-11(13)6-4-10;/h3-6,9,14H,7-8H2,1-2H3,(H,15,16);1H. The molecule has 1 rings (SSSR count). The predicted molar refractivity (Wildman–Crippen MR) is 68.6 cm³/mol. The largest absolute Gasteiger partial charge is 0.352 e. The van der Waals surface area contributed by atoms with Crippen LogP contribution in [-0.4, -0.2) is 19.5 Å². The molecule has 0 aliphatic heterocycles. The fraction of sp³-hybridized carbons (Fsp3) is 0.417. The minimum absolute atomic E-state index is 0. The number of benzene rings is 1. The molecule has 1 unspecified atom stereocenters. The van der Waals surface area contributed by atoms with Gasteiger partial charge in [-0.15, -0.1) is 12.4 Å². The third-order valence-electron chi connectivity index (χ3n) is 2.34. The Kier molecular flexibility index (Phi) is 7.50. The molecule has 0 aromatic heterocycles. The molecular weight excluding hydrogens is 243 g/mol. The number of amides is 1. The van der Waals surface area contributed by atoms with E-state index >= 15 is 0 Å². The lowest BCUT2D eigenvalue weighted by Gasteiger charge is -2.11.